The summed E-state index contributed by atoms with van der Waals surface area (Å²) in [7, 11) is 6.46. The van der Waals surface area contributed by atoms with Crippen LogP contribution in [-0.4, -0.2) is 95.3 Å². The lowest BCUT2D eigenvalue weighted by atomic mass is 10.0. The number of sulfonamides is 1. The summed E-state index contributed by atoms with van der Waals surface area (Å²) in [4.78, 5) is 22.0. The molecule has 11 heteroatoms. The number of rotatable bonds is 11. The largest absolute Gasteiger partial charge is 0.447 e. The third-order valence-electron chi connectivity index (χ3n) is 7.21. The van der Waals surface area contributed by atoms with E-state index in [9.17, 15) is 13.2 Å². The number of H-pyrrole nitrogens is 2. The molecule has 0 aliphatic carbocycles. The minimum absolute atomic E-state index is 0.0116. The van der Waals surface area contributed by atoms with Crippen molar-refractivity contribution in [1.29, 1.82) is 0 Å². The molecule has 5 rings (SSSR count). The SMILES string of the molecule is CN(C)CCc1c[nH]c2ccc(C[C@H]3COC(=O)N3)cc12.CNS(=O)(=O)Cc1ccc2[nH]cc(CCN(C)C)c2c1. The molecule has 41 heavy (non-hydrogen) atoms. The van der Waals surface area contributed by atoms with Crippen molar-refractivity contribution in [3.63, 3.8) is 0 Å². The quantitative estimate of drug-likeness (QED) is 0.215. The van der Waals surface area contributed by atoms with Gasteiger partial charge >= 0.3 is 6.09 Å². The Morgan fingerprint density at radius 2 is 1.41 bits per heavy atom. The molecule has 222 valence electrons. The summed E-state index contributed by atoms with van der Waals surface area (Å²) in [5.41, 5.74) is 6.80. The average molecular weight is 583 g/mol. The lowest BCUT2D eigenvalue weighted by Crippen LogP contribution is -2.28. The van der Waals surface area contributed by atoms with Gasteiger partial charge in [-0.1, -0.05) is 12.1 Å². The van der Waals surface area contributed by atoms with E-state index in [1.807, 2.05) is 38.5 Å². The van der Waals surface area contributed by atoms with Crippen LogP contribution in [-0.2, 0) is 39.8 Å². The van der Waals surface area contributed by atoms with Crippen molar-refractivity contribution < 1.29 is 17.9 Å². The van der Waals surface area contributed by atoms with Gasteiger partial charge in [-0.2, -0.15) is 0 Å². The molecule has 0 saturated carbocycles. The van der Waals surface area contributed by atoms with E-state index in [4.69, 9.17) is 4.74 Å². The zero-order chi connectivity index (χ0) is 29.6. The highest BCUT2D eigenvalue weighted by atomic mass is 32.2. The minimum atomic E-state index is -3.23. The van der Waals surface area contributed by atoms with E-state index in [1.165, 1.54) is 34.6 Å². The van der Waals surface area contributed by atoms with Crippen LogP contribution in [0.4, 0.5) is 4.79 Å². The first-order valence-corrected chi connectivity index (χ1v) is 15.5. The summed E-state index contributed by atoms with van der Waals surface area (Å²) in [5.74, 6) is 0.0116. The number of fused-ring (bicyclic) bond motifs is 2. The topological polar surface area (TPSA) is 123 Å². The zero-order valence-electron chi connectivity index (χ0n) is 24.6. The number of cyclic esters (lactones) is 1. The fourth-order valence-corrected chi connectivity index (χ4v) is 5.64. The third-order valence-corrected chi connectivity index (χ3v) is 8.54. The van der Waals surface area contributed by atoms with Gasteiger partial charge in [-0.05, 0) is 101 Å². The van der Waals surface area contributed by atoms with Gasteiger partial charge < -0.3 is 29.8 Å². The number of alkyl carbamates (subject to hydrolysis) is 1. The maximum absolute atomic E-state index is 11.6. The molecule has 10 nitrogen and oxygen atoms in total. The Bertz CT molecular complexity index is 1570. The first-order valence-electron chi connectivity index (χ1n) is 13.8. The second-order valence-corrected chi connectivity index (χ2v) is 13.0. The van der Waals surface area contributed by atoms with Crippen molar-refractivity contribution in [1.82, 2.24) is 29.8 Å². The van der Waals surface area contributed by atoms with Gasteiger partial charge in [-0.15, -0.1) is 0 Å². The molecule has 4 N–H and O–H groups in total. The van der Waals surface area contributed by atoms with Crippen LogP contribution >= 0.6 is 0 Å². The Balaban J connectivity index is 0.000000189. The van der Waals surface area contributed by atoms with Gasteiger partial charge in [0.1, 0.15) is 6.61 Å². The van der Waals surface area contributed by atoms with Crippen LogP contribution < -0.4 is 10.0 Å². The average Bonchev–Trinajstić information content (AvgIpc) is 3.64. The Labute approximate surface area is 242 Å². The third kappa shape index (κ3) is 8.56. The summed E-state index contributed by atoms with van der Waals surface area (Å²) in [5, 5.41) is 5.21. The van der Waals surface area contributed by atoms with Crippen molar-refractivity contribution in [2.24, 2.45) is 0 Å². The number of carbonyl (C=O) groups is 1. The predicted molar refractivity (Wildman–Crippen MR) is 165 cm³/mol. The van der Waals surface area contributed by atoms with Crippen molar-refractivity contribution in [2.45, 2.75) is 31.1 Å². The molecule has 0 unspecified atom stereocenters. The molecule has 3 heterocycles. The Morgan fingerprint density at radius 3 is 1.90 bits per heavy atom. The van der Waals surface area contributed by atoms with E-state index >= 15 is 0 Å². The van der Waals surface area contributed by atoms with Gasteiger partial charge in [0.25, 0.3) is 0 Å². The molecule has 1 atom stereocenters. The fourth-order valence-electron chi connectivity index (χ4n) is 4.88. The van der Waals surface area contributed by atoms with Crippen molar-refractivity contribution in [3.05, 3.63) is 71.0 Å². The number of hydrogen-bond donors (Lipinski definition) is 4. The number of benzene rings is 2. The molecule has 1 amide bonds. The number of amides is 1. The number of ether oxygens (including phenoxy) is 1. The Kier molecular flexibility index (Phi) is 10.1. The van der Waals surface area contributed by atoms with Gasteiger partial charge in [-0.25, -0.2) is 17.9 Å². The van der Waals surface area contributed by atoms with Gasteiger partial charge in [0.05, 0.1) is 11.8 Å². The molecule has 1 saturated heterocycles. The first kappa shape index (κ1) is 30.6. The second-order valence-electron chi connectivity index (χ2n) is 11.1. The van der Waals surface area contributed by atoms with Crippen LogP contribution in [0.1, 0.15) is 22.3 Å². The summed E-state index contributed by atoms with van der Waals surface area (Å²) >= 11 is 0. The highest BCUT2D eigenvalue weighted by molar-refractivity contribution is 7.88. The lowest BCUT2D eigenvalue weighted by Gasteiger charge is -2.09. The van der Waals surface area contributed by atoms with E-state index in [0.29, 0.717) is 6.61 Å². The second kappa shape index (κ2) is 13.5. The molecule has 0 spiro atoms. The van der Waals surface area contributed by atoms with Crippen molar-refractivity contribution in [3.8, 4) is 0 Å². The summed E-state index contributed by atoms with van der Waals surface area (Å²) < 4.78 is 30.5. The van der Waals surface area contributed by atoms with E-state index in [0.717, 1.165) is 48.8 Å². The first-order chi connectivity index (χ1) is 19.5. The number of likely N-dealkylation sites (N-methyl/N-ethyl adjacent to an activating group) is 2. The van der Waals surface area contributed by atoms with Crippen LogP contribution in [0, 0.1) is 0 Å². The summed E-state index contributed by atoms with van der Waals surface area (Å²) in [6.07, 6.45) is 6.56. The molecule has 0 bridgehead atoms. The van der Waals surface area contributed by atoms with E-state index in [2.05, 4.69) is 68.3 Å². The number of nitrogens with zero attached hydrogens (tertiary/aromatic N) is 2. The van der Waals surface area contributed by atoms with Gasteiger partial charge in [0.2, 0.25) is 10.0 Å². The van der Waals surface area contributed by atoms with Gasteiger partial charge in [0, 0.05) is 47.3 Å². The molecular formula is C30H42N6O4S. The minimum Gasteiger partial charge on any atom is -0.447 e. The fraction of sp³-hybridized carbons (Fsp3) is 0.433. The van der Waals surface area contributed by atoms with Crippen LogP contribution in [0.15, 0.2) is 48.8 Å². The van der Waals surface area contributed by atoms with Crippen LogP contribution in [0.25, 0.3) is 21.8 Å². The molecule has 0 radical (unpaired) electrons. The molecule has 4 aromatic rings. The Hall–Kier alpha value is -3.38. The van der Waals surface area contributed by atoms with Crippen molar-refractivity contribution >= 4 is 37.9 Å². The monoisotopic (exact) mass is 582 g/mol. The van der Waals surface area contributed by atoms with Crippen LogP contribution in [0.2, 0.25) is 0 Å². The number of nitrogens with one attached hydrogen (secondary N) is 4. The molecule has 2 aromatic heterocycles. The maximum Gasteiger partial charge on any atom is 0.407 e. The summed E-state index contributed by atoms with van der Waals surface area (Å²) in [6.45, 7) is 2.45. The highest BCUT2D eigenvalue weighted by Gasteiger charge is 2.22. The lowest BCUT2D eigenvalue weighted by molar-refractivity contribution is 0.177. The highest BCUT2D eigenvalue weighted by Crippen LogP contribution is 2.23. The molecule has 1 aliphatic heterocycles. The van der Waals surface area contributed by atoms with E-state index < -0.39 is 10.0 Å². The van der Waals surface area contributed by atoms with Crippen molar-refractivity contribution in [2.75, 3.05) is 54.9 Å². The van der Waals surface area contributed by atoms with Crippen LogP contribution in [0.3, 0.4) is 0 Å². The van der Waals surface area contributed by atoms with Gasteiger partial charge in [0.15, 0.2) is 0 Å². The standard InChI is InChI=1S/C16H21N3O2.C14H21N3O2S/c1-19(2)6-5-12-9-17-15-4-3-11(8-14(12)15)7-13-10-21-16(20)18-13;1-15-20(18,19)10-11-4-5-14-13(8-11)12(9-16-14)6-7-17(2)3/h3-4,8-9,13,17H,5-7,10H2,1-2H3,(H,18,20);4-5,8-9,15-16H,6-7,10H2,1-3H3/t13-;/m0./s1. The maximum atomic E-state index is 11.6. The summed E-state index contributed by atoms with van der Waals surface area (Å²) in [6, 6.07) is 12.3. The number of aromatic nitrogens is 2. The Morgan fingerprint density at radius 1 is 0.878 bits per heavy atom. The van der Waals surface area contributed by atoms with Gasteiger partial charge in [-0.3, -0.25) is 0 Å². The number of hydrogen-bond acceptors (Lipinski definition) is 6. The number of aromatic amines is 2. The van der Waals surface area contributed by atoms with E-state index in [-0.39, 0.29) is 17.9 Å². The molecule has 1 aliphatic rings. The zero-order valence-corrected chi connectivity index (χ0v) is 25.4. The molecular weight excluding hydrogens is 540 g/mol. The number of carbonyl (C=O) groups excluding carboxylic acids is 1. The normalized spacial score (nSPS) is 15.4. The van der Waals surface area contributed by atoms with E-state index in [1.54, 1.807) is 0 Å². The smallest absolute Gasteiger partial charge is 0.407 e. The molecule has 1 fully saturated rings. The van der Waals surface area contributed by atoms with Crippen LogP contribution in [0.5, 0.6) is 0 Å². The molecule has 2 aromatic carbocycles. The predicted octanol–water partition coefficient (Wildman–Crippen LogP) is 3.24.